The summed E-state index contributed by atoms with van der Waals surface area (Å²) in [6.07, 6.45) is 2.08. The second-order valence-electron chi connectivity index (χ2n) is 4.20. The molecule has 1 aromatic carbocycles. The van der Waals surface area contributed by atoms with E-state index < -0.39 is 5.91 Å². The van der Waals surface area contributed by atoms with Crippen molar-refractivity contribution in [3.63, 3.8) is 0 Å². The summed E-state index contributed by atoms with van der Waals surface area (Å²) >= 11 is 1.42. The Balaban J connectivity index is 0.00000220. The molecule has 0 aliphatic heterocycles. The van der Waals surface area contributed by atoms with E-state index in [9.17, 15) is 9.59 Å². The van der Waals surface area contributed by atoms with Crippen LogP contribution >= 0.6 is 11.3 Å². The minimum absolute atomic E-state index is 0. The van der Waals surface area contributed by atoms with Gasteiger partial charge in [0.15, 0.2) is 0 Å². The van der Waals surface area contributed by atoms with E-state index in [2.05, 4.69) is 10.3 Å². The molecule has 2 rings (SSSR count). The summed E-state index contributed by atoms with van der Waals surface area (Å²) < 4.78 is 0. The molecule has 0 bridgehead atoms. The summed E-state index contributed by atoms with van der Waals surface area (Å²) in [7, 11) is 0. The molecule has 1 radical (unpaired) electrons. The van der Waals surface area contributed by atoms with Crippen LogP contribution in [0.25, 0.3) is 17.0 Å². The molecule has 1 aromatic heterocycles. The van der Waals surface area contributed by atoms with Gasteiger partial charge in [0.2, 0.25) is 0 Å². The molecule has 0 saturated heterocycles. The first kappa shape index (κ1) is 19.4. The molecule has 1 atom stereocenters. The minimum atomic E-state index is -0.650. The Bertz CT molecular complexity index is 595. The summed E-state index contributed by atoms with van der Waals surface area (Å²) in [5.74, 6) is -0.650. The Kier molecular flexibility index (Phi) is 8.30. The zero-order valence-corrected chi connectivity index (χ0v) is 16.9. The molecule has 0 saturated carbocycles. The van der Waals surface area contributed by atoms with E-state index in [0.717, 1.165) is 11.3 Å². The molecule has 2 N–H and O–H groups in total. The Labute approximate surface area is 140 Å². The van der Waals surface area contributed by atoms with Crippen LogP contribution in [0.15, 0.2) is 35.7 Å². The predicted octanol–water partition coefficient (Wildman–Crippen LogP) is 2.86. The first-order valence-electron chi connectivity index (χ1n) is 6.08. The second kappa shape index (κ2) is 9.39. The fraction of sp³-hybridized carbons (Fsp3) is 0.214. The average Bonchev–Trinajstić information content (AvgIpc) is 2.94. The van der Waals surface area contributed by atoms with Crippen LogP contribution in [0, 0.1) is 0 Å². The zero-order chi connectivity index (χ0) is 14.4. The number of nitrogens with one attached hydrogen (secondary N) is 2. The maximum atomic E-state index is 10.7. The minimum Gasteiger partial charge on any atom is -0.668 e. The van der Waals surface area contributed by atoms with Gasteiger partial charge in [0, 0.05) is 37.0 Å². The standard InChI is InChI=1S/C14H14N3O2S.Fm.Ir/c15-13(19)7-6-11(16-9-18)14-17-12(8-20-14)10-4-2-1-3-5-10;;/h1-5,8,11H,6-7H2,(H3,15,16,18,19);;/q-1;;/p-1. The number of carbonyl (C=O) groups excluding carboxylic acids is 2. The van der Waals surface area contributed by atoms with Gasteiger partial charge in [-0.3, -0.25) is 0 Å². The molecule has 2 aromatic rings. The fourth-order valence-corrected chi connectivity index (χ4v) is 2.71. The van der Waals surface area contributed by atoms with E-state index in [-0.39, 0.29) is 32.6 Å². The van der Waals surface area contributed by atoms with Crippen molar-refractivity contribution in [2.75, 3.05) is 0 Å². The number of carbonyl (C=O) groups is 1. The molecule has 0 aliphatic rings. The number of amides is 2. The quantitative estimate of drug-likeness (QED) is 0.351. The van der Waals surface area contributed by atoms with E-state index in [1.54, 1.807) is 6.41 Å². The molecule has 1 heterocycles. The Morgan fingerprint density at radius 2 is 2.05 bits per heavy atom. The number of benzene rings is 1. The van der Waals surface area contributed by atoms with Crippen LogP contribution in [-0.4, -0.2) is 17.3 Å². The molecule has 5 nitrogen and oxygen atoms in total. The van der Waals surface area contributed by atoms with Gasteiger partial charge in [-0.05, 0) is 12.8 Å². The number of aromatic nitrogens is 1. The van der Waals surface area contributed by atoms with Crippen LogP contribution in [-0.2, 0) is 29.7 Å². The molecule has 125 valence electrons. The summed E-state index contributed by atoms with van der Waals surface area (Å²) in [5, 5.41) is 5.15. The average molecular weight is 737 g/mol. The van der Waals surface area contributed by atoms with Crippen LogP contribution in [0.3, 0.4) is 0 Å². The first-order valence-corrected chi connectivity index (χ1v) is 6.96. The molecule has 1 unspecified atom stereocenters. The number of rotatable bonds is 7. The van der Waals surface area contributed by atoms with Crippen molar-refractivity contribution in [1.29, 1.82) is 0 Å². The van der Waals surface area contributed by atoms with Crippen molar-refractivity contribution < 1.29 is 29.7 Å². The Morgan fingerprint density at radius 3 is 2.64 bits per heavy atom. The monoisotopic (exact) mass is 737 g/mol. The predicted molar refractivity (Wildman–Crippen MR) is 77.7 cm³/mol. The number of thiazole rings is 1. The number of hydrogen-bond acceptors (Lipinski definition) is 4. The van der Waals surface area contributed by atoms with Crippen molar-refractivity contribution in [3.05, 3.63) is 46.5 Å². The smallest absolute Gasteiger partial charge is 0.113 e. The summed E-state index contributed by atoms with van der Waals surface area (Å²) in [4.78, 5) is 25.7. The molecule has 0 aliphatic carbocycles. The molecular formula is C14H13FmIrN3O2S-2. The SMILES string of the molecule is [Fm].[Ir].[NH-]C(=O)CCC(N[C-]=O)c1nc(-c2ccccc2)cs1. The van der Waals surface area contributed by atoms with Crippen molar-refractivity contribution in [2.45, 2.75) is 18.9 Å². The number of hydrogen-bond donors (Lipinski definition) is 1. The zero-order valence-electron chi connectivity index (χ0n) is 11.2. The third kappa shape index (κ3) is 5.09. The maximum absolute atomic E-state index is 10.7. The molecule has 0 spiro atoms. The van der Waals surface area contributed by atoms with Crippen LogP contribution in [0.4, 0.5) is 0 Å². The van der Waals surface area contributed by atoms with Gasteiger partial charge in [-0.1, -0.05) is 30.3 Å². The van der Waals surface area contributed by atoms with Gasteiger partial charge in [-0.15, -0.1) is 11.3 Å². The Morgan fingerprint density at radius 1 is 1.36 bits per heavy atom. The second-order valence-corrected chi connectivity index (χ2v) is 5.09. The van der Waals surface area contributed by atoms with E-state index in [0.29, 0.717) is 11.4 Å². The molecule has 2 amide bonds. The van der Waals surface area contributed by atoms with Crippen molar-refractivity contribution in [3.8, 4) is 11.3 Å². The van der Waals surface area contributed by atoms with Crippen molar-refractivity contribution >= 4 is 23.7 Å². The summed E-state index contributed by atoms with van der Waals surface area (Å²) in [6, 6.07) is 9.34. The third-order valence-electron chi connectivity index (χ3n) is 2.78. The third-order valence-corrected chi connectivity index (χ3v) is 3.74. The van der Waals surface area contributed by atoms with Crippen LogP contribution < -0.4 is 5.32 Å². The van der Waals surface area contributed by atoms with Crippen LogP contribution in [0.5, 0.6) is 0 Å². The molecular weight excluding hydrogens is 723 g/mol. The fourth-order valence-electron chi connectivity index (χ4n) is 1.79. The summed E-state index contributed by atoms with van der Waals surface area (Å²) in [5.41, 5.74) is 8.76. The van der Waals surface area contributed by atoms with Gasteiger partial charge in [-0.2, -0.15) is 6.41 Å². The molecule has 0 fully saturated rings. The van der Waals surface area contributed by atoms with E-state index >= 15 is 0 Å². The van der Waals surface area contributed by atoms with Gasteiger partial charge in [0.25, 0.3) is 0 Å². The molecule has 22 heavy (non-hydrogen) atoms. The topological polar surface area (TPSA) is 82.9 Å². The van der Waals surface area contributed by atoms with Gasteiger partial charge >= 0.3 is 0 Å². The van der Waals surface area contributed by atoms with Gasteiger partial charge < -0.3 is 20.6 Å². The van der Waals surface area contributed by atoms with Gasteiger partial charge in [0.1, 0.15) is 5.01 Å². The number of nitrogens with zero attached hydrogens (tertiary/aromatic N) is 1. The largest absolute Gasteiger partial charge is 0.668 e. The summed E-state index contributed by atoms with van der Waals surface area (Å²) in [6.45, 7) is 0. The van der Waals surface area contributed by atoms with E-state index in [1.165, 1.54) is 11.3 Å². The first-order chi connectivity index (χ1) is 9.70. The van der Waals surface area contributed by atoms with E-state index in [1.807, 2.05) is 35.7 Å². The van der Waals surface area contributed by atoms with Crippen molar-refractivity contribution in [2.24, 2.45) is 0 Å². The van der Waals surface area contributed by atoms with Gasteiger partial charge in [-0.25, -0.2) is 4.98 Å². The Hall–Kier alpha value is -2.56. The molecule has 8 heteroatoms. The van der Waals surface area contributed by atoms with Crippen molar-refractivity contribution in [1.82, 2.24) is 10.3 Å². The van der Waals surface area contributed by atoms with Gasteiger partial charge in [0.05, 0.1) is 11.7 Å². The maximum Gasteiger partial charge on any atom is 0.113 e. The van der Waals surface area contributed by atoms with Crippen LogP contribution in [0.2, 0.25) is 0 Å². The normalized spacial score (nSPS) is 10.7. The van der Waals surface area contributed by atoms with E-state index in [4.69, 9.17) is 5.73 Å². The van der Waals surface area contributed by atoms with Crippen LogP contribution in [0.1, 0.15) is 23.9 Å².